The minimum absolute atomic E-state index is 0.0573. The molecule has 38 heavy (non-hydrogen) atoms. The van der Waals surface area contributed by atoms with Crippen LogP contribution in [-0.4, -0.2) is 19.8 Å². The Balaban J connectivity index is 0.000000177. The molecule has 5 rings (SSSR count). The van der Waals surface area contributed by atoms with Gasteiger partial charge in [-0.2, -0.15) is 0 Å². The number of anilines is 1. The number of nitro groups is 2. The summed E-state index contributed by atoms with van der Waals surface area (Å²) in [5.41, 5.74) is 6.05. The van der Waals surface area contributed by atoms with Gasteiger partial charge in [0.2, 0.25) is 0 Å². The van der Waals surface area contributed by atoms with E-state index in [2.05, 4.69) is 16.4 Å². The van der Waals surface area contributed by atoms with E-state index in [4.69, 9.17) is 12.2 Å². The normalized spacial score (nSPS) is 10.4. The molecule has 10 heteroatoms. The largest absolute Gasteiger partial charge is 0.346 e. The van der Waals surface area contributed by atoms with Crippen LogP contribution in [0.4, 0.5) is 17.1 Å². The highest BCUT2D eigenvalue weighted by atomic mass is 32.1. The number of aryl methyl sites for hydroxylation is 2. The van der Waals surface area contributed by atoms with Crippen LogP contribution in [0, 0.1) is 34.1 Å². The van der Waals surface area contributed by atoms with Gasteiger partial charge < -0.3 is 5.32 Å². The number of nitrogens with zero attached hydrogens (tertiary/aromatic N) is 3. The first-order valence-electron chi connectivity index (χ1n) is 11.4. The summed E-state index contributed by atoms with van der Waals surface area (Å²) in [5, 5.41) is 25.2. The summed E-state index contributed by atoms with van der Waals surface area (Å²) in [7, 11) is 0. The molecule has 5 aromatic rings. The van der Waals surface area contributed by atoms with Crippen molar-refractivity contribution in [3.05, 3.63) is 128 Å². The fraction of sp³-hybridized carbons (Fsp3) is 0.0714. The maximum atomic E-state index is 10.6. The molecule has 0 atom stereocenters. The van der Waals surface area contributed by atoms with Crippen LogP contribution < -0.4 is 5.32 Å². The molecule has 4 aromatic carbocycles. The number of hydrogen-bond donors (Lipinski definition) is 1. The minimum atomic E-state index is -0.430. The fourth-order valence-corrected chi connectivity index (χ4v) is 4.78. The highest BCUT2D eigenvalue weighted by Crippen LogP contribution is 2.31. The van der Waals surface area contributed by atoms with Crippen LogP contribution in [0.25, 0.3) is 20.8 Å². The third-order valence-electron chi connectivity index (χ3n) is 5.52. The topological polar surface area (TPSA) is 111 Å². The molecule has 1 aromatic heterocycles. The number of hydrogen-bond acceptors (Lipinski definition) is 7. The summed E-state index contributed by atoms with van der Waals surface area (Å²) < 4.78 is 1.13. The van der Waals surface area contributed by atoms with Crippen molar-refractivity contribution in [1.29, 1.82) is 0 Å². The summed E-state index contributed by atoms with van der Waals surface area (Å²) in [4.78, 5) is 25.4. The van der Waals surface area contributed by atoms with Gasteiger partial charge in [-0.25, -0.2) is 4.98 Å². The lowest BCUT2D eigenvalue weighted by atomic mass is 10.2. The molecule has 0 amide bonds. The summed E-state index contributed by atoms with van der Waals surface area (Å²) >= 11 is 6.86. The highest BCUT2D eigenvalue weighted by molar-refractivity contribution is 7.81. The van der Waals surface area contributed by atoms with Gasteiger partial charge in [0.05, 0.1) is 20.1 Å². The van der Waals surface area contributed by atoms with Crippen LogP contribution in [0.5, 0.6) is 0 Å². The van der Waals surface area contributed by atoms with Crippen LogP contribution in [-0.2, 0) is 0 Å². The average Bonchev–Trinajstić information content (AvgIpc) is 3.34. The van der Waals surface area contributed by atoms with Crippen molar-refractivity contribution in [2.75, 3.05) is 5.32 Å². The second-order valence-electron chi connectivity index (χ2n) is 8.42. The molecular formula is C28H22N4O4S2. The molecule has 0 fully saturated rings. The van der Waals surface area contributed by atoms with Crippen LogP contribution in [0.1, 0.15) is 16.7 Å². The SMILES string of the molecule is Cc1ccc(NC(=S)c2ccc([N+](=O)[O-])cc2)cc1.Cc1ccc2nc(-c3ccc([N+](=O)[O-])cc3)sc2c1. The van der Waals surface area contributed by atoms with Crippen LogP contribution in [0.15, 0.2) is 91.0 Å². The lowest BCUT2D eigenvalue weighted by Crippen LogP contribution is -2.10. The predicted molar refractivity (Wildman–Crippen MR) is 156 cm³/mol. The number of non-ortho nitro benzene ring substituents is 2. The maximum absolute atomic E-state index is 10.6. The molecule has 0 saturated carbocycles. The van der Waals surface area contributed by atoms with Gasteiger partial charge in [-0.3, -0.25) is 20.2 Å². The van der Waals surface area contributed by atoms with Crippen LogP contribution in [0.2, 0.25) is 0 Å². The first-order valence-corrected chi connectivity index (χ1v) is 12.7. The molecule has 0 saturated heterocycles. The van der Waals surface area contributed by atoms with E-state index in [1.807, 2.05) is 50.2 Å². The van der Waals surface area contributed by atoms with Gasteiger partial charge in [0, 0.05) is 41.1 Å². The lowest BCUT2D eigenvalue weighted by molar-refractivity contribution is -0.385. The molecule has 0 unspecified atom stereocenters. The van der Waals surface area contributed by atoms with E-state index < -0.39 is 9.85 Å². The van der Waals surface area contributed by atoms with Gasteiger partial charge >= 0.3 is 0 Å². The molecule has 1 N–H and O–H groups in total. The van der Waals surface area contributed by atoms with Crippen molar-refractivity contribution in [3.63, 3.8) is 0 Å². The van der Waals surface area contributed by atoms with E-state index in [-0.39, 0.29) is 11.4 Å². The van der Waals surface area contributed by atoms with Crippen LogP contribution in [0.3, 0.4) is 0 Å². The molecule has 0 radical (unpaired) electrons. The molecule has 0 aliphatic rings. The summed E-state index contributed by atoms with van der Waals surface area (Å²) in [5.74, 6) is 0. The standard InChI is InChI=1S/C14H10N2O2S.C14H12N2O2S/c1-9-2-7-12-13(8-9)19-14(15-12)10-3-5-11(6-4-10)16(17)18;1-10-2-6-12(7-3-10)15-14(19)11-4-8-13(9-5-11)16(17)18/h2-8H,1H3;2-9H,1H3,(H,15,19). The Labute approximate surface area is 227 Å². The monoisotopic (exact) mass is 542 g/mol. The Morgan fingerprint density at radius 3 is 1.92 bits per heavy atom. The van der Waals surface area contributed by atoms with Crippen molar-refractivity contribution in [3.8, 4) is 10.6 Å². The zero-order valence-corrected chi connectivity index (χ0v) is 22.1. The lowest BCUT2D eigenvalue weighted by Gasteiger charge is -2.08. The Kier molecular flexibility index (Phi) is 8.15. The van der Waals surface area contributed by atoms with Gasteiger partial charge in [-0.15, -0.1) is 11.3 Å². The van der Waals surface area contributed by atoms with Gasteiger partial charge in [0.1, 0.15) is 10.00 Å². The fourth-order valence-electron chi connectivity index (χ4n) is 3.46. The van der Waals surface area contributed by atoms with Crippen molar-refractivity contribution in [2.24, 2.45) is 0 Å². The third kappa shape index (κ3) is 6.61. The molecule has 0 aliphatic heterocycles. The van der Waals surface area contributed by atoms with Crippen molar-refractivity contribution in [2.45, 2.75) is 13.8 Å². The van der Waals surface area contributed by atoms with Crippen molar-refractivity contribution >= 4 is 55.8 Å². The number of nitro benzene ring substituents is 2. The van der Waals surface area contributed by atoms with E-state index >= 15 is 0 Å². The molecule has 0 spiro atoms. The average molecular weight is 543 g/mol. The molecule has 0 aliphatic carbocycles. The first kappa shape index (κ1) is 26.5. The smallest absolute Gasteiger partial charge is 0.269 e. The molecule has 190 valence electrons. The Hall–Kier alpha value is -4.54. The van der Waals surface area contributed by atoms with E-state index in [0.717, 1.165) is 32.0 Å². The van der Waals surface area contributed by atoms with Crippen LogP contribution >= 0.6 is 23.6 Å². The second-order valence-corrected chi connectivity index (χ2v) is 9.86. The highest BCUT2D eigenvalue weighted by Gasteiger charge is 2.09. The third-order valence-corrected chi connectivity index (χ3v) is 6.92. The quantitative estimate of drug-likeness (QED) is 0.137. The minimum Gasteiger partial charge on any atom is -0.346 e. The molecule has 1 heterocycles. The molecule has 0 bridgehead atoms. The van der Waals surface area contributed by atoms with Gasteiger partial charge in [-0.05, 0) is 67.9 Å². The number of rotatable bonds is 5. The first-order chi connectivity index (χ1) is 18.2. The predicted octanol–water partition coefficient (Wildman–Crippen LogP) is 7.87. The number of fused-ring (bicyclic) bond motifs is 1. The molecule has 8 nitrogen and oxygen atoms in total. The second kappa shape index (κ2) is 11.7. The summed E-state index contributed by atoms with van der Waals surface area (Å²) in [6.45, 7) is 4.06. The number of aromatic nitrogens is 1. The van der Waals surface area contributed by atoms with E-state index in [1.54, 1.807) is 35.6 Å². The Bertz CT molecular complexity index is 1610. The van der Waals surface area contributed by atoms with E-state index in [0.29, 0.717) is 4.99 Å². The zero-order chi connectivity index (χ0) is 27.2. The van der Waals surface area contributed by atoms with Gasteiger partial charge in [0.15, 0.2) is 0 Å². The van der Waals surface area contributed by atoms with E-state index in [1.165, 1.54) is 35.4 Å². The van der Waals surface area contributed by atoms with E-state index in [9.17, 15) is 20.2 Å². The number of nitrogens with one attached hydrogen (secondary N) is 1. The Morgan fingerprint density at radius 1 is 0.789 bits per heavy atom. The number of thiocarbonyl (C=S) groups is 1. The zero-order valence-electron chi connectivity index (χ0n) is 20.5. The summed E-state index contributed by atoms with van der Waals surface area (Å²) in [6.07, 6.45) is 0. The van der Waals surface area contributed by atoms with Gasteiger partial charge in [0.25, 0.3) is 11.4 Å². The molecular weight excluding hydrogens is 520 g/mol. The maximum Gasteiger partial charge on any atom is 0.269 e. The number of benzene rings is 4. The number of thiazole rings is 1. The van der Waals surface area contributed by atoms with Crippen molar-refractivity contribution < 1.29 is 9.85 Å². The summed E-state index contributed by atoms with van der Waals surface area (Å²) in [6, 6.07) is 26.6. The van der Waals surface area contributed by atoms with Crippen molar-refractivity contribution in [1.82, 2.24) is 4.98 Å². The van der Waals surface area contributed by atoms with Gasteiger partial charge in [-0.1, -0.05) is 36.0 Å². The Morgan fingerprint density at radius 2 is 1.34 bits per heavy atom.